The van der Waals surface area contributed by atoms with E-state index in [2.05, 4.69) is 11.2 Å². The molecule has 0 aliphatic heterocycles. The van der Waals surface area contributed by atoms with Gasteiger partial charge < -0.3 is 5.32 Å². The van der Waals surface area contributed by atoms with Gasteiger partial charge in [0.1, 0.15) is 11.6 Å². The van der Waals surface area contributed by atoms with Crippen LogP contribution in [0.25, 0.3) is 0 Å². The molecule has 0 spiro atoms. The van der Waals surface area contributed by atoms with Crippen LogP contribution in [0.3, 0.4) is 0 Å². The number of terminal acetylenes is 1. The number of rotatable bonds is 2. The molecule has 1 aromatic rings. The zero-order valence-corrected chi connectivity index (χ0v) is 8.97. The smallest absolute Gasteiger partial charge is 0.255 e. The predicted octanol–water partition coefficient (Wildman–Crippen LogP) is 2.02. The molecule has 1 rings (SSSR count). The summed E-state index contributed by atoms with van der Waals surface area (Å²) >= 11 is 0. The van der Waals surface area contributed by atoms with Crippen molar-refractivity contribution in [2.75, 3.05) is 0 Å². The minimum Gasteiger partial charge on any atom is -0.339 e. The standard InChI is InChI=1S/C12H11F2NO/c1-4-8(3)15-12(16)9-5-7(2)10(13)6-11(9)14/h1,5-6,8H,2-3H3,(H,15,16). The first-order valence-electron chi connectivity index (χ1n) is 4.68. The normalized spacial score (nSPS) is 11.7. The number of aryl methyl sites for hydroxylation is 1. The SMILES string of the molecule is C#CC(C)NC(=O)c1cc(C)c(F)cc1F. The van der Waals surface area contributed by atoms with E-state index in [1.54, 1.807) is 6.92 Å². The number of nitrogens with one attached hydrogen (secondary N) is 1. The Hall–Kier alpha value is -1.89. The Balaban J connectivity index is 3.01. The van der Waals surface area contributed by atoms with Crippen molar-refractivity contribution in [2.24, 2.45) is 0 Å². The Morgan fingerprint density at radius 3 is 2.62 bits per heavy atom. The summed E-state index contributed by atoms with van der Waals surface area (Å²) < 4.78 is 26.2. The van der Waals surface area contributed by atoms with E-state index in [4.69, 9.17) is 6.42 Å². The van der Waals surface area contributed by atoms with Crippen LogP contribution < -0.4 is 5.32 Å². The van der Waals surface area contributed by atoms with Gasteiger partial charge in [0.05, 0.1) is 11.6 Å². The highest BCUT2D eigenvalue weighted by Gasteiger charge is 2.15. The summed E-state index contributed by atoms with van der Waals surface area (Å²) in [6.45, 7) is 3.04. The van der Waals surface area contributed by atoms with Crippen molar-refractivity contribution in [1.82, 2.24) is 5.32 Å². The first-order valence-corrected chi connectivity index (χ1v) is 4.68. The molecule has 0 saturated carbocycles. The monoisotopic (exact) mass is 223 g/mol. The van der Waals surface area contributed by atoms with Gasteiger partial charge in [0.25, 0.3) is 5.91 Å². The van der Waals surface area contributed by atoms with Gasteiger partial charge >= 0.3 is 0 Å². The van der Waals surface area contributed by atoms with E-state index in [0.717, 1.165) is 6.07 Å². The Labute approximate surface area is 92.7 Å². The number of carbonyl (C=O) groups is 1. The second-order valence-electron chi connectivity index (χ2n) is 3.44. The van der Waals surface area contributed by atoms with Crippen molar-refractivity contribution in [2.45, 2.75) is 19.9 Å². The average molecular weight is 223 g/mol. The van der Waals surface area contributed by atoms with Crippen LogP contribution in [-0.4, -0.2) is 11.9 Å². The van der Waals surface area contributed by atoms with Gasteiger partial charge in [-0.2, -0.15) is 0 Å². The highest BCUT2D eigenvalue weighted by Crippen LogP contribution is 2.14. The first kappa shape index (κ1) is 12.2. The lowest BCUT2D eigenvalue weighted by Gasteiger charge is -2.09. The fourth-order valence-corrected chi connectivity index (χ4v) is 1.15. The molecule has 1 amide bonds. The van der Waals surface area contributed by atoms with Crippen LogP contribution in [0, 0.1) is 30.9 Å². The molecule has 4 heteroatoms. The van der Waals surface area contributed by atoms with Crippen molar-refractivity contribution in [3.05, 3.63) is 34.9 Å². The Morgan fingerprint density at radius 2 is 2.06 bits per heavy atom. The van der Waals surface area contributed by atoms with Crippen molar-refractivity contribution in [3.8, 4) is 12.3 Å². The summed E-state index contributed by atoms with van der Waals surface area (Å²) in [5, 5.41) is 2.40. The minimum absolute atomic E-state index is 0.207. The van der Waals surface area contributed by atoms with Gasteiger partial charge in [-0.05, 0) is 25.5 Å². The summed E-state index contributed by atoms with van der Waals surface area (Å²) in [4.78, 5) is 11.5. The third-order valence-corrected chi connectivity index (χ3v) is 2.09. The molecule has 0 radical (unpaired) electrons. The molecule has 1 N–H and O–H groups in total. The second kappa shape index (κ2) is 4.75. The van der Waals surface area contributed by atoms with Crippen molar-refractivity contribution < 1.29 is 13.6 Å². The molecule has 1 atom stereocenters. The second-order valence-corrected chi connectivity index (χ2v) is 3.44. The van der Waals surface area contributed by atoms with Gasteiger partial charge in [-0.3, -0.25) is 4.79 Å². The van der Waals surface area contributed by atoms with E-state index in [-0.39, 0.29) is 11.1 Å². The molecule has 2 nitrogen and oxygen atoms in total. The van der Waals surface area contributed by atoms with Crippen molar-refractivity contribution in [1.29, 1.82) is 0 Å². The largest absolute Gasteiger partial charge is 0.339 e. The molecule has 1 aromatic carbocycles. The third-order valence-electron chi connectivity index (χ3n) is 2.09. The summed E-state index contributed by atoms with van der Waals surface area (Å²) in [6, 6.07) is 1.34. The molecule has 84 valence electrons. The summed E-state index contributed by atoms with van der Waals surface area (Å²) in [7, 11) is 0. The average Bonchev–Trinajstić information content (AvgIpc) is 2.23. The topological polar surface area (TPSA) is 29.1 Å². The lowest BCUT2D eigenvalue weighted by Crippen LogP contribution is -2.32. The van der Waals surface area contributed by atoms with Crippen LogP contribution in [0.15, 0.2) is 12.1 Å². The summed E-state index contributed by atoms with van der Waals surface area (Å²) in [5.74, 6) is 0.0556. The van der Waals surface area contributed by atoms with Gasteiger partial charge in [0.15, 0.2) is 0 Å². The van der Waals surface area contributed by atoms with E-state index < -0.39 is 23.6 Å². The van der Waals surface area contributed by atoms with E-state index in [9.17, 15) is 13.6 Å². The van der Waals surface area contributed by atoms with Crippen molar-refractivity contribution >= 4 is 5.91 Å². The van der Waals surface area contributed by atoms with Gasteiger partial charge in [-0.1, -0.05) is 5.92 Å². The number of hydrogen-bond donors (Lipinski definition) is 1. The number of halogens is 2. The zero-order chi connectivity index (χ0) is 12.3. The molecule has 0 heterocycles. The molecule has 0 saturated heterocycles. The third kappa shape index (κ3) is 2.57. The molecule has 0 fully saturated rings. The van der Waals surface area contributed by atoms with Crippen LogP contribution in [0.2, 0.25) is 0 Å². The highest BCUT2D eigenvalue weighted by atomic mass is 19.1. The van der Waals surface area contributed by atoms with Gasteiger partial charge in [-0.25, -0.2) is 8.78 Å². The zero-order valence-electron chi connectivity index (χ0n) is 8.97. The Kier molecular flexibility index (Phi) is 3.62. The summed E-state index contributed by atoms with van der Waals surface area (Å²) in [5.41, 5.74) is 0.000843. The number of hydrogen-bond acceptors (Lipinski definition) is 1. The Bertz CT molecular complexity index is 463. The van der Waals surface area contributed by atoms with Crippen LogP contribution in [0.4, 0.5) is 8.78 Å². The molecule has 1 unspecified atom stereocenters. The van der Waals surface area contributed by atoms with Crippen LogP contribution >= 0.6 is 0 Å². The Morgan fingerprint density at radius 1 is 1.44 bits per heavy atom. The van der Waals surface area contributed by atoms with Gasteiger partial charge in [0.2, 0.25) is 0 Å². The number of benzene rings is 1. The molecule has 16 heavy (non-hydrogen) atoms. The quantitative estimate of drug-likeness (QED) is 0.763. The molecule has 0 aliphatic rings. The highest BCUT2D eigenvalue weighted by molar-refractivity contribution is 5.95. The number of amides is 1. The fraction of sp³-hybridized carbons (Fsp3) is 0.250. The predicted molar refractivity (Wildman–Crippen MR) is 56.9 cm³/mol. The maximum Gasteiger partial charge on any atom is 0.255 e. The van der Waals surface area contributed by atoms with Gasteiger partial charge in [0, 0.05) is 6.07 Å². The van der Waals surface area contributed by atoms with E-state index in [0.29, 0.717) is 6.07 Å². The molecule has 0 bridgehead atoms. The molecule has 0 aromatic heterocycles. The minimum atomic E-state index is -0.898. The molecular formula is C12H11F2NO. The maximum atomic E-state index is 13.3. The maximum absolute atomic E-state index is 13.3. The lowest BCUT2D eigenvalue weighted by molar-refractivity contribution is 0.0944. The molecular weight excluding hydrogens is 212 g/mol. The van der Waals surface area contributed by atoms with Crippen LogP contribution in [-0.2, 0) is 0 Å². The first-order chi connectivity index (χ1) is 7.45. The summed E-state index contributed by atoms with van der Waals surface area (Å²) in [6.07, 6.45) is 5.07. The van der Waals surface area contributed by atoms with E-state index >= 15 is 0 Å². The molecule has 0 aliphatic carbocycles. The number of carbonyl (C=O) groups excluding carboxylic acids is 1. The van der Waals surface area contributed by atoms with Crippen molar-refractivity contribution in [3.63, 3.8) is 0 Å². The fourth-order valence-electron chi connectivity index (χ4n) is 1.15. The van der Waals surface area contributed by atoms with Crippen LogP contribution in [0.5, 0.6) is 0 Å². The van der Waals surface area contributed by atoms with Crippen LogP contribution in [0.1, 0.15) is 22.8 Å². The van der Waals surface area contributed by atoms with E-state index in [1.165, 1.54) is 6.92 Å². The van der Waals surface area contributed by atoms with E-state index in [1.807, 2.05) is 0 Å². The van der Waals surface area contributed by atoms with Gasteiger partial charge in [-0.15, -0.1) is 6.42 Å². The lowest BCUT2D eigenvalue weighted by atomic mass is 10.1.